The van der Waals surface area contributed by atoms with Crippen LogP contribution in [-0.2, 0) is 40.4 Å². The van der Waals surface area contributed by atoms with Crippen LogP contribution in [0.5, 0.6) is 5.75 Å². The smallest absolute Gasteiger partial charge is 0.314 e. The summed E-state index contributed by atoms with van der Waals surface area (Å²) in [5.41, 5.74) is 5.86. The van der Waals surface area contributed by atoms with Gasteiger partial charge in [0.2, 0.25) is 0 Å². The van der Waals surface area contributed by atoms with Crippen LogP contribution < -0.4 is 4.74 Å². The molecule has 1 aromatic heterocycles. The second kappa shape index (κ2) is 14.1. The number of rotatable bonds is 13. The molecule has 4 aromatic rings. The minimum Gasteiger partial charge on any atom is -0.489 e. The number of esters is 1. The number of methoxy groups -OCH3 is 1. The van der Waals surface area contributed by atoms with E-state index in [2.05, 4.69) is 48.4 Å². The first-order valence-electron chi connectivity index (χ1n) is 13.5. The molecule has 208 valence electrons. The molecule has 0 spiro atoms. The van der Waals surface area contributed by atoms with Gasteiger partial charge in [-0.25, -0.2) is 4.68 Å². The Kier molecular flexibility index (Phi) is 10.1. The largest absolute Gasteiger partial charge is 0.489 e. The third-order valence-corrected chi connectivity index (χ3v) is 6.52. The number of carbonyl (C=O) groups excluding carboxylic acids is 1. The number of carbonyl (C=O) groups is 1. The molecule has 0 amide bonds. The van der Waals surface area contributed by atoms with E-state index < -0.39 is 5.92 Å². The monoisotopic (exact) mass is 539 g/mol. The van der Waals surface area contributed by atoms with Crippen molar-refractivity contribution in [2.75, 3.05) is 7.11 Å². The van der Waals surface area contributed by atoms with Crippen LogP contribution in [-0.4, -0.2) is 28.6 Å². The number of nitrogens with zero attached hydrogens (tertiary/aromatic N) is 3. The van der Waals surface area contributed by atoms with Gasteiger partial charge in [0.25, 0.3) is 0 Å². The van der Waals surface area contributed by atoms with Crippen molar-refractivity contribution in [1.29, 1.82) is 0 Å². The Labute approximate surface area is 236 Å². The van der Waals surface area contributed by atoms with Crippen molar-refractivity contribution in [3.8, 4) is 11.4 Å². The van der Waals surface area contributed by atoms with Gasteiger partial charge in [-0.1, -0.05) is 73.6 Å². The zero-order valence-corrected chi connectivity index (χ0v) is 23.6. The summed E-state index contributed by atoms with van der Waals surface area (Å²) in [7, 11) is 1.38. The lowest BCUT2D eigenvalue weighted by Crippen LogP contribution is -2.26. The molecule has 0 saturated carbocycles. The van der Waals surface area contributed by atoms with Gasteiger partial charge in [-0.3, -0.25) is 4.79 Å². The van der Waals surface area contributed by atoms with E-state index in [9.17, 15) is 4.79 Å². The molecule has 1 heterocycles. The number of hydrogen-bond acceptors (Lipinski definition) is 6. The Morgan fingerprint density at radius 1 is 0.850 bits per heavy atom. The summed E-state index contributed by atoms with van der Waals surface area (Å²) in [5.74, 6) is 0.473. The van der Waals surface area contributed by atoms with Gasteiger partial charge < -0.3 is 14.3 Å². The summed E-state index contributed by atoms with van der Waals surface area (Å²) < 4.78 is 12.9. The first kappa shape index (κ1) is 28.6. The van der Waals surface area contributed by atoms with Crippen molar-refractivity contribution in [1.82, 2.24) is 9.78 Å². The van der Waals surface area contributed by atoms with Crippen LogP contribution in [0.25, 0.3) is 5.69 Å². The standard InChI is InChI=1S/C33H37N3O4/c1-24(2)18-26-10-14-30(15-11-26)36-21-29(20-34-36)22-39-31-16-12-27(13-17-31)19-32(33(37)38-4)25(3)35-40-23-28-8-6-5-7-9-28/h5-17,20-21,24,32H,18-19,22-23H2,1-4H3/b35-25+. The molecule has 0 fully saturated rings. The first-order chi connectivity index (χ1) is 19.4. The minimum absolute atomic E-state index is 0.335. The Morgan fingerprint density at radius 3 is 2.20 bits per heavy atom. The zero-order chi connectivity index (χ0) is 28.3. The Hall–Kier alpha value is -4.39. The number of ether oxygens (including phenoxy) is 2. The molecule has 4 rings (SSSR count). The van der Waals surface area contributed by atoms with Crippen molar-refractivity contribution >= 4 is 11.7 Å². The van der Waals surface area contributed by atoms with Gasteiger partial charge in [-0.15, -0.1) is 0 Å². The molecule has 0 aliphatic carbocycles. The van der Waals surface area contributed by atoms with Crippen LogP contribution in [0.15, 0.2) is 96.4 Å². The van der Waals surface area contributed by atoms with E-state index >= 15 is 0 Å². The van der Waals surface area contributed by atoms with Crippen molar-refractivity contribution in [2.24, 2.45) is 17.0 Å². The van der Waals surface area contributed by atoms with Gasteiger partial charge in [0, 0.05) is 11.8 Å². The van der Waals surface area contributed by atoms with Gasteiger partial charge >= 0.3 is 5.97 Å². The molecule has 7 heteroatoms. The summed E-state index contributed by atoms with van der Waals surface area (Å²) >= 11 is 0. The highest BCUT2D eigenvalue weighted by Crippen LogP contribution is 2.19. The number of benzene rings is 3. The fourth-order valence-corrected chi connectivity index (χ4v) is 4.35. The molecule has 0 bridgehead atoms. The molecule has 7 nitrogen and oxygen atoms in total. The van der Waals surface area contributed by atoms with E-state index in [-0.39, 0.29) is 5.97 Å². The molecule has 0 aliphatic heterocycles. The molecular weight excluding hydrogens is 502 g/mol. The molecule has 0 radical (unpaired) electrons. The van der Waals surface area contributed by atoms with Gasteiger partial charge in [0.05, 0.1) is 24.7 Å². The zero-order valence-electron chi connectivity index (χ0n) is 23.6. The van der Waals surface area contributed by atoms with Crippen LogP contribution in [0.1, 0.15) is 43.0 Å². The molecule has 0 aliphatic rings. The van der Waals surface area contributed by atoms with E-state index in [4.69, 9.17) is 14.3 Å². The van der Waals surface area contributed by atoms with Gasteiger partial charge in [0.15, 0.2) is 0 Å². The fourth-order valence-electron chi connectivity index (χ4n) is 4.35. The van der Waals surface area contributed by atoms with Crippen molar-refractivity contribution < 1.29 is 19.1 Å². The van der Waals surface area contributed by atoms with Crippen LogP contribution in [0, 0.1) is 11.8 Å². The van der Waals surface area contributed by atoms with E-state index in [1.807, 2.05) is 71.7 Å². The molecular formula is C33H37N3O4. The molecule has 40 heavy (non-hydrogen) atoms. The van der Waals surface area contributed by atoms with E-state index in [1.54, 1.807) is 6.92 Å². The number of hydrogen-bond donors (Lipinski definition) is 0. The molecule has 1 atom stereocenters. The summed E-state index contributed by atoms with van der Waals surface area (Å²) in [6, 6.07) is 26.0. The lowest BCUT2D eigenvalue weighted by molar-refractivity contribution is -0.143. The maximum Gasteiger partial charge on any atom is 0.314 e. The van der Waals surface area contributed by atoms with Gasteiger partial charge in [0.1, 0.15) is 24.9 Å². The van der Waals surface area contributed by atoms with Gasteiger partial charge in [-0.05, 0) is 66.6 Å². The van der Waals surface area contributed by atoms with E-state index in [0.717, 1.165) is 34.5 Å². The van der Waals surface area contributed by atoms with Crippen LogP contribution in [0.2, 0.25) is 0 Å². The Balaban J connectivity index is 1.31. The average molecular weight is 540 g/mol. The van der Waals surface area contributed by atoms with Crippen LogP contribution >= 0.6 is 0 Å². The van der Waals surface area contributed by atoms with E-state index in [1.165, 1.54) is 12.7 Å². The third-order valence-electron chi connectivity index (χ3n) is 6.52. The molecule has 0 saturated heterocycles. The summed E-state index contributed by atoms with van der Waals surface area (Å²) in [6.45, 7) is 6.97. The molecule has 1 unspecified atom stereocenters. The topological polar surface area (TPSA) is 74.9 Å². The van der Waals surface area contributed by atoms with Crippen LogP contribution in [0.3, 0.4) is 0 Å². The second-order valence-corrected chi connectivity index (χ2v) is 10.3. The fraction of sp³-hybridized carbons (Fsp3) is 0.303. The lowest BCUT2D eigenvalue weighted by Gasteiger charge is -2.15. The maximum atomic E-state index is 12.5. The Morgan fingerprint density at radius 2 is 1.52 bits per heavy atom. The summed E-state index contributed by atoms with van der Waals surface area (Å²) in [5, 5.41) is 8.67. The highest BCUT2D eigenvalue weighted by atomic mass is 16.6. The minimum atomic E-state index is -0.544. The Bertz CT molecular complexity index is 1380. The van der Waals surface area contributed by atoms with Crippen LogP contribution in [0.4, 0.5) is 0 Å². The normalized spacial score (nSPS) is 12.3. The third kappa shape index (κ3) is 8.30. The maximum absolute atomic E-state index is 12.5. The first-order valence-corrected chi connectivity index (χ1v) is 13.5. The summed E-state index contributed by atoms with van der Waals surface area (Å²) in [6.07, 6.45) is 5.31. The highest BCUT2D eigenvalue weighted by molar-refractivity contribution is 6.00. The predicted octanol–water partition coefficient (Wildman–Crippen LogP) is 6.57. The molecule has 0 N–H and O–H groups in total. The van der Waals surface area contributed by atoms with Gasteiger partial charge in [-0.2, -0.15) is 5.10 Å². The number of aromatic nitrogens is 2. The van der Waals surface area contributed by atoms with Crippen molar-refractivity contribution in [2.45, 2.75) is 46.8 Å². The van der Waals surface area contributed by atoms with Crippen molar-refractivity contribution in [3.05, 3.63) is 114 Å². The molecule has 3 aromatic carbocycles. The SMILES string of the molecule is COC(=O)C(Cc1ccc(OCc2cnn(-c3ccc(CC(C)C)cc3)c2)cc1)/C(C)=N/OCc1ccccc1. The second-order valence-electron chi connectivity index (χ2n) is 10.3. The quantitative estimate of drug-likeness (QED) is 0.109. The average Bonchev–Trinajstić information content (AvgIpc) is 3.45. The highest BCUT2D eigenvalue weighted by Gasteiger charge is 2.24. The lowest BCUT2D eigenvalue weighted by atomic mass is 9.95. The van der Waals surface area contributed by atoms with E-state index in [0.29, 0.717) is 31.3 Å². The summed E-state index contributed by atoms with van der Waals surface area (Å²) in [4.78, 5) is 18.0. The van der Waals surface area contributed by atoms with Crippen molar-refractivity contribution in [3.63, 3.8) is 0 Å². The number of oxime groups is 1. The predicted molar refractivity (Wildman–Crippen MR) is 156 cm³/mol.